The first kappa shape index (κ1) is 14.2. The van der Waals surface area contributed by atoms with Crippen molar-refractivity contribution in [1.82, 2.24) is 4.90 Å². The van der Waals surface area contributed by atoms with Gasteiger partial charge >= 0.3 is 0 Å². The molecule has 4 nitrogen and oxygen atoms in total. The van der Waals surface area contributed by atoms with E-state index >= 15 is 0 Å². The molecule has 0 aliphatic carbocycles. The van der Waals surface area contributed by atoms with Gasteiger partial charge in [0.25, 0.3) is 0 Å². The molecule has 5 heteroatoms. The zero-order chi connectivity index (χ0) is 14.0. The summed E-state index contributed by atoms with van der Waals surface area (Å²) in [6, 6.07) is 5.99. The van der Waals surface area contributed by atoms with Gasteiger partial charge in [-0.05, 0) is 38.5 Å². The molecule has 1 heterocycles. The molecule has 0 saturated carbocycles. The van der Waals surface area contributed by atoms with Crippen LogP contribution in [-0.2, 0) is 0 Å². The number of rotatable bonds is 4. The van der Waals surface area contributed by atoms with Gasteiger partial charge < -0.3 is 11.1 Å². The van der Waals surface area contributed by atoms with E-state index < -0.39 is 5.91 Å². The van der Waals surface area contributed by atoms with Gasteiger partial charge in [-0.2, -0.15) is 0 Å². The minimum absolute atomic E-state index is 0.364. The zero-order valence-electron chi connectivity index (χ0n) is 11.3. The fraction of sp³-hybridized carbons (Fsp3) is 0.500. The van der Waals surface area contributed by atoms with Crippen molar-refractivity contribution in [2.24, 2.45) is 5.73 Å². The summed E-state index contributed by atoms with van der Waals surface area (Å²) in [5.74, 6) is -0.435. The molecule has 0 bridgehead atoms. The number of hydrogen-bond donors (Lipinski definition) is 2. The molecule has 1 saturated heterocycles. The van der Waals surface area contributed by atoms with E-state index in [0.29, 0.717) is 22.7 Å². The molecule has 1 unspecified atom stereocenters. The quantitative estimate of drug-likeness (QED) is 0.891. The summed E-state index contributed by atoms with van der Waals surface area (Å²) in [5, 5.41) is 4.03. The Hall–Kier alpha value is -1.26. The monoisotopic (exact) mass is 281 g/mol. The van der Waals surface area contributed by atoms with Gasteiger partial charge in [0.1, 0.15) is 0 Å². The Kier molecular flexibility index (Phi) is 4.32. The molecule has 1 aliphatic rings. The Morgan fingerprint density at radius 1 is 1.53 bits per heavy atom. The van der Waals surface area contributed by atoms with Crippen molar-refractivity contribution in [3.8, 4) is 0 Å². The van der Waals surface area contributed by atoms with Crippen LogP contribution in [0.4, 0.5) is 5.69 Å². The molecular formula is C14H20ClN3O. The predicted octanol–water partition coefficient (Wildman–Crippen LogP) is 2.33. The fourth-order valence-electron chi connectivity index (χ4n) is 2.38. The summed E-state index contributed by atoms with van der Waals surface area (Å²) in [5.41, 5.74) is 6.55. The number of primary amides is 1. The number of carbonyl (C=O) groups is 1. The van der Waals surface area contributed by atoms with E-state index in [-0.39, 0.29) is 0 Å². The summed E-state index contributed by atoms with van der Waals surface area (Å²) in [6.07, 6.45) is 1.08. The number of anilines is 1. The highest BCUT2D eigenvalue weighted by Gasteiger charge is 2.24. The van der Waals surface area contributed by atoms with E-state index in [9.17, 15) is 4.79 Å². The van der Waals surface area contributed by atoms with Crippen molar-refractivity contribution in [2.75, 3.05) is 18.4 Å². The van der Waals surface area contributed by atoms with E-state index in [0.717, 1.165) is 25.2 Å². The van der Waals surface area contributed by atoms with Crippen LogP contribution in [0.25, 0.3) is 0 Å². The van der Waals surface area contributed by atoms with Gasteiger partial charge in [-0.3, -0.25) is 9.69 Å². The number of nitrogens with two attached hydrogens (primary N) is 1. The van der Waals surface area contributed by atoms with Crippen LogP contribution in [-0.4, -0.2) is 36.0 Å². The molecule has 1 atom stereocenters. The summed E-state index contributed by atoms with van der Waals surface area (Å²) >= 11 is 6.15. The number of benzene rings is 1. The van der Waals surface area contributed by atoms with Gasteiger partial charge in [0.2, 0.25) is 5.91 Å². The third-order valence-corrected chi connectivity index (χ3v) is 3.89. The lowest BCUT2D eigenvalue weighted by atomic mass is 10.1. The van der Waals surface area contributed by atoms with Crippen LogP contribution in [0.3, 0.4) is 0 Å². The molecule has 19 heavy (non-hydrogen) atoms. The predicted molar refractivity (Wildman–Crippen MR) is 78.7 cm³/mol. The number of carbonyl (C=O) groups excluding carboxylic acids is 1. The summed E-state index contributed by atoms with van der Waals surface area (Å²) in [7, 11) is 0. The van der Waals surface area contributed by atoms with Crippen molar-refractivity contribution < 1.29 is 4.79 Å². The van der Waals surface area contributed by atoms with Crippen molar-refractivity contribution in [3.05, 3.63) is 28.8 Å². The molecule has 1 aliphatic heterocycles. The molecular weight excluding hydrogens is 262 g/mol. The van der Waals surface area contributed by atoms with Crippen LogP contribution >= 0.6 is 11.6 Å². The molecule has 0 aromatic heterocycles. The van der Waals surface area contributed by atoms with Crippen molar-refractivity contribution in [2.45, 2.75) is 32.4 Å². The van der Waals surface area contributed by atoms with Crippen LogP contribution in [0.2, 0.25) is 5.02 Å². The maximum atomic E-state index is 11.2. The first-order valence-corrected chi connectivity index (χ1v) is 6.95. The van der Waals surface area contributed by atoms with E-state index in [2.05, 4.69) is 24.1 Å². The summed E-state index contributed by atoms with van der Waals surface area (Å²) in [4.78, 5) is 13.6. The third kappa shape index (κ3) is 3.39. The van der Waals surface area contributed by atoms with E-state index in [1.54, 1.807) is 18.2 Å². The number of halogens is 1. The van der Waals surface area contributed by atoms with Gasteiger partial charge in [0, 0.05) is 30.7 Å². The Bertz CT molecular complexity index is 476. The number of hydrogen-bond acceptors (Lipinski definition) is 3. The third-order valence-electron chi connectivity index (χ3n) is 3.56. The van der Waals surface area contributed by atoms with Crippen molar-refractivity contribution in [1.29, 1.82) is 0 Å². The smallest absolute Gasteiger partial charge is 0.248 e. The number of amides is 1. The highest BCUT2D eigenvalue weighted by molar-refractivity contribution is 6.33. The lowest BCUT2D eigenvalue weighted by molar-refractivity contribution is 0.100. The minimum atomic E-state index is -0.435. The Morgan fingerprint density at radius 3 is 2.84 bits per heavy atom. The number of nitrogens with one attached hydrogen (secondary N) is 1. The van der Waals surface area contributed by atoms with Crippen LogP contribution in [0.1, 0.15) is 30.6 Å². The second-order valence-corrected chi connectivity index (χ2v) is 5.68. The lowest BCUT2D eigenvalue weighted by Gasteiger charge is -2.21. The van der Waals surface area contributed by atoms with Gasteiger partial charge in [0.15, 0.2) is 0 Å². The highest BCUT2D eigenvalue weighted by Crippen LogP contribution is 2.26. The SMILES string of the molecule is CC(C)N1CCC(Nc2cc(C(N)=O)ccc2Cl)C1. The van der Waals surface area contributed by atoms with Gasteiger partial charge in [0.05, 0.1) is 10.7 Å². The van der Waals surface area contributed by atoms with Gasteiger partial charge in [-0.1, -0.05) is 11.6 Å². The zero-order valence-corrected chi connectivity index (χ0v) is 12.1. The molecule has 1 aromatic rings. The Morgan fingerprint density at radius 2 is 2.26 bits per heavy atom. The maximum absolute atomic E-state index is 11.2. The standard InChI is InChI=1S/C14H20ClN3O/c1-9(2)18-6-5-11(8-18)17-13-7-10(14(16)19)3-4-12(13)15/h3-4,7,9,11,17H,5-6,8H2,1-2H3,(H2,16,19). The van der Waals surface area contributed by atoms with Crippen LogP contribution in [0.15, 0.2) is 18.2 Å². The molecule has 1 amide bonds. The molecule has 2 rings (SSSR count). The first-order chi connectivity index (χ1) is 8.97. The Labute approximate surface area is 118 Å². The van der Waals surface area contributed by atoms with Crippen LogP contribution in [0.5, 0.6) is 0 Å². The van der Waals surface area contributed by atoms with Crippen molar-refractivity contribution in [3.63, 3.8) is 0 Å². The minimum Gasteiger partial charge on any atom is -0.380 e. The van der Waals surface area contributed by atoms with Gasteiger partial charge in [-0.15, -0.1) is 0 Å². The largest absolute Gasteiger partial charge is 0.380 e. The van der Waals surface area contributed by atoms with E-state index in [1.165, 1.54) is 0 Å². The Balaban J connectivity index is 2.07. The second kappa shape index (κ2) is 5.80. The van der Waals surface area contributed by atoms with E-state index in [1.807, 2.05) is 0 Å². The summed E-state index contributed by atoms with van der Waals surface area (Å²) < 4.78 is 0. The van der Waals surface area contributed by atoms with Crippen molar-refractivity contribution >= 4 is 23.2 Å². The maximum Gasteiger partial charge on any atom is 0.248 e. The topological polar surface area (TPSA) is 58.4 Å². The van der Waals surface area contributed by atoms with Gasteiger partial charge in [-0.25, -0.2) is 0 Å². The highest BCUT2D eigenvalue weighted by atomic mass is 35.5. The molecule has 0 spiro atoms. The fourth-order valence-corrected chi connectivity index (χ4v) is 2.56. The summed E-state index contributed by atoms with van der Waals surface area (Å²) in [6.45, 7) is 6.48. The van der Waals surface area contributed by atoms with E-state index in [4.69, 9.17) is 17.3 Å². The second-order valence-electron chi connectivity index (χ2n) is 5.28. The average molecular weight is 282 g/mol. The molecule has 0 radical (unpaired) electrons. The lowest BCUT2D eigenvalue weighted by Crippen LogP contribution is -2.31. The molecule has 3 N–H and O–H groups in total. The normalized spacial score (nSPS) is 19.9. The molecule has 104 valence electrons. The number of nitrogens with zero attached hydrogens (tertiary/aromatic N) is 1. The van der Waals surface area contributed by atoms with Crippen LogP contribution < -0.4 is 11.1 Å². The number of likely N-dealkylation sites (tertiary alicyclic amines) is 1. The average Bonchev–Trinajstić information content (AvgIpc) is 2.80. The molecule has 1 aromatic carbocycles. The van der Waals surface area contributed by atoms with Crippen LogP contribution in [0, 0.1) is 0 Å². The first-order valence-electron chi connectivity index (χ1n) is 6.57. The molecule has 1 fully saturated rings.